The van der Waals surface area contributed by atoms with Gasteiger partial charge in [0.05, 0.1) is 125 Å². The minimum atomic E-state index is 0.0512. The molecule has 0 atom stereocenters. The van der Waals surface area contributed by atoms with Gasteiger partial charge in [0.25, 0.3) is 0 Å². The molecule has 0 aromatic heterocycles. The first-order valence-electron chi connectivity index (χ1n) is 18.3. The lowest BCUT2D eigenvalue weighted by atomic mass is 10.5. The van der Waals surface area contributed by atoms with E-state index in [-0.39, 0.29) is 10.9 Å². The fourth-order valence-corrected chi connectivity index (χ4v) is 9.21. The lowest BCUT2D eigenvalue weighted by molar-refractivity contribution is 0.0592. The molecule has 0 fully saturated rings. The van der Waals surface area contributed by atoms with Gasteiger partial charge in [0.2, 0.25) is 10.9 Å². The molecule has 0 amide bonds. The number of fused-ring (bicyclic) bond motifs is 4. The Morgan fingerprint density at radius 3 is 0.722 bits per heavy atom. The average molecular weight is 865 g/mol. The Bertz CT molecular complexity index is 1160. The molecule has 1 aliphatic rings. The highest BCUT2D eigenvalue weighted by atomic mass is 32.2. The van der Waals surface area contributed by atoms with Gasteiger partial charge in [-0.05, 0) is 24.3 Å². The zero-order valence-corrected chi connectivity index (χ0v) is 36.0. The first-order valence-corrected chi connectivity index (χ1v) is 24.6. The molecule has 0 radical (unpaired) electrons. The van der Waals surface area contributed by atoms with E-state index in [9.17, 15) is 9.59 Å². The van der Waals surface area contributed by atoms with Crippen molar-refractivity contribution in [3.05, 3.63) is 69.0 Å². The third-order valence-corrected chi connectivity index (χ3v) is 12.9. The lowest BCUT2D eigenvalue weighted by Crippen LogP contribution is -2.11. The molecule has 0 unspecified atom stereocenters. The molecule has 0 aliphatic carbocycles. The van der Waals surface area contributed by atoms with E-state index in [0.717, 1.165) is 42.6 Å². The summed E-state index contributed by atoms with van der Waals surface area (Å²) < 4.78 is 45.6. The molecule has 16 heteroatoms. The van der Waals surface area contributed by atoms with Gasteiger partial charge in [-0.3, -0.25) is 9.59 Å². The van der Waals surface area contributed by atoms with Crippen molar-refractivity contribution in [1.29, 1.82) is 0 Å². The van der Waals surface area contributed by atoms with E-state index in [1.807, 2.05) is 48.5 Å². The maximum absolute atomic E-state index is 13.0. The molecule has 0 N–H and O–H groups in total. The van der Waals surface area contributed by atoms with E-state index in [0.29, 0.717) is 129 Å². The van der Waals surface area contributed by atoms with Crippen molar-refractivity contribution in [2.45, 2.75) is 19.6 Å². The number of rotatable bonds is 0. The molecule has 2 aromatic carbocycles. The van der Waals surface area contributed by atoms with Crippen molar-refractivity contribution >= 4 is 70.6 Å². The van der Waals surface area contributed by atoms with E-state index < -0.39 is 0 Å². The van der Waals surface area contributed by atoms with Gasteiger partial charge >= 0.3 is 0 Å². The fourth-order valence-electron chi connectivity index (χ4n) is 4.38. The minimum absolute atomic E-state index is 0.0512. The highest BCUT2D eigenvalue weighted by Crippen LogP contribution is 2.20. The molecule has 0 spiro atoms. The van der Waals surface area contributed by atoms with Crippen LogP contribution in [0.15, 0.2) is 77.7 Å². The molecule has 1 aliphatic heterocycles. The average Bonchev–Trinajstić information content (AvgIpc) is 3.47. The topological polar surface area (TPSA) is 108 Å². The van der Waals surface area contributed by atoms with Crippen LogP contribution in [-0.4, -0.2) is 152 Å². The van der Waals surface area contributed by atoms with E-state index in [1.165, 1.54) is 47.0 Å². The van der Waals surface area contributed by atoms with Crippen LogP contribution in [0.1, 0.15) is 0 Å². The Labute approximate surface area is 346 Å². The second kappa shape index (κ2) is 34.6. The highest BCUT2D eigenvalue weighted by molar-refractivity contribution is 8.00. The molecule has 3 rings (SSSR count). The summed E-state index contributed by atoms with van der Waals surface area (Å²) >= 11 is 9.67. The number of ether oxygens (including phenoxy) is 8. The summed E-state index contributed by atoms with van der Waals surface area (Å²) in [6.45, 7) is 9.14. The van der Waals surface area contributed by atoms with Crippen molar-refractivity contribution in [2.24, 2.45) is 0 Å². The Hall–Kier alpha value is -0.440. The Morgan fingerprint density at radius 1 is 0.296 bits per heavy atom. The molecule has 2 aromatic rings. The molecule has 54 heavy (non-hydrogen) atoms. The lowest BCUT2D eigenvalue weighted by Gasteiger charge is -2.07. The normalized spacial score (nSPS) is 20.1. The third-order valence-electron chi connectivity index (χ3n) is 7.02. The van der Waals surface area contributed by atoms with Gasteiger partial charge in [0.15, 0.2) is 0 Å². The van der Waals surface area contributed by atoms with E-state index in [4.69, 9.17) is 37.9 Å². The Balaban J connectivity index is 1.33. The third kappa shape index (κ3) is 24.4. The molecular formula is C38H56O10S6. The van der Waals surface area contributed by atoms with E-state index >= 15 is 0 Å². The summed E-state index contributed by atoms with van der Waals surface area (Å²) in [5.74, 6) is 6.37. The van der Waals surface area contributed by atoms with Gasteiger partial charge in [0, 0.05) is 46.0 Å². The standard InChI is InChI=1S/C38H56O10S6/c39-37-33-5-1-2-6-34(37)52-30-22-46-14-10-42-18-26-50-28-20-44-12-16-48-24-32-54-36-8-4-3-7-35(38(36)40)53-31-23-47-15-11-43-19-27-49-25-17-41-9-13-45-21-29-51-33/h1-8H,9-32H2. The van der Waals surface area contributed by atoms with Crippen LogP contribution in [0.2, 0.25) is 0 Å². The Kier molecular flexibility index (Phi) is 30.7. The smallest absolute Gasteiger partial charge is 0.205 e. The van der Waals surface area contributed by atoms with Crippen LogP contribution in [0.4, 0.5) is 0 Å². The summed E-state index contributed by atoms with van der Waals surface area (Å²) in [4.78, 5) is 29.0. The van der Waals surface area contributed by atoms with Crippen LogP contribution in [0.3, 0.4) is 0 Å². The molecule has 1 heterocycles. The van der Waals surface area contributed by atoms with Crippen molar-refractivity contribution < 1.29 is 37.9 Å². The summed E-state index contributed by atoms with van der Waals surface area (Å²) in [7, 11) is 0. The zero-order chi connectivity index (χ0) is 38.0. The van der Waals surface area contributed by atoms with Crippen LogP contribution in [0, 0.1) is 0 Å². The fraction of sp³-hybridized carbons (Fsp3) is 0.632. The molecule has 304 valence electrons. The first kappa shape index (κ1) is 47.9. The summed E-state index contributed by atoms with van der Waals surface area (Å²) in [6, 6.07) is 15.1. The van der Waals surface area contributed by atoms with Crippen LogP contribution >= 0.6 is 70.6 Å². The van der Waals surface area contributed by atoms with Gasteiger partial charge in [-0.2, -0.15) is 23.5 Å². The first-order chi connectivity index (χ1) is 26.8. The number of hydrogen-bond donors (Lipinski definition) is 0. The summed E-state index contributed by atoms with van der Waals surface area (Å²) in [5.41, 5.74) is 0.102. The van der Waals surface area contributed by atoms with Gasteiger partial charge in [-0.1, -0.05) is 24.3 Å². The maximum atomic E-state index is 13.0. The summed E-state index contributed by atoms with van der Waals surface area (Å²) in [6.07, 6.45) is 0. The molecular weight excluding hydrogens is 809 g/mol. The predicted octanol–water partition coefficient (Wildman–Crippen LogP) is 6.09. The molecule has 0 saturated carbocycles. The Morgan fingerprint density at radius 2 is 0.500 bits per heavy atom. The van der Waals surface area contributed by atoms with E-state index in [2.05, 4.69) is 0 Å². The SMILES string of the molecule is O=c1c2ccccc1SCCOCCOCCSCCOCCOCCSc1ccccc(c1=O)SCCOCCOCCSCCOCCOCCS2. The second-order valence-electron chi connectivity index (χ2n) is 11.1. The minimum Gasteiger partial charge on any atom is -0.378 e. The van der Waals surface area contributed by atoms with Gasteiger partial charge in [-0.25, -0.2) is 0 Å². The van der Waals surface area contributed by atoms with Gasteiger partial charge in [-0.15, -0.1) is 47.0 Å². The highest BCUT2D eigenvalue weighted by Gasteiger charge is 2.07. The van der Waals surface area contributed by atoms with Gasteiger partial charge < -0.3 is 37.9 Å². The van der Waals surface area contributed by atoms with Crippen molar-refractivity contribution in [1.82, 2.24) is 0 Å². The van der Waals surface area contributed by atoms with Crippen molar-refractivity contribution in [3.8, 4) is 0 Å². The van der Waals surface area contributed by atoms with Crippen LogP contribution in [0.5, 0.6) is 0 Å². The zero-order valence-electron chi connectivity index (χ0n) is 31.1. The van der Waals surface area contributed by atoms with Crippen molar-refractivity contribution in [3.63, 3.8) is 0 Å². The molecule has 0 saturated heterocycles. The van der Waals surface area contributed by atoms with E-state index in [1.54, 1.807) is 23.5 Å². The predicted molar refractivity (Wildman–Crippen MR) is 230 cm³/mol. The van der Waals surface area contributed by atoms with Crippen molar-refractivity contribution in [2.75, 3.05) is 152 Å². The quantitative estimate of drug-likeness (QED) is 0.305. The largest absolute Gasteiger partial charge is 0.378 e. The van der Waals surface area contributed by atoms with Gasteiger partial charge in [0.1, 0.15) is 0 Å². The number of hydrogen-bond acceptors (Lipinski definition) is 16. The molecule has 4 bridgehead atoms. The molecule has 10 nitrogen and oxygen atoms in total. The summed E-state index contributed by atoms with van der Waals surface area (Å²) in [5, 5.41) is 0. The monoisotopic (exact) mass is 864 g/mol. The second-order valence-corrected chi connectivity index (χ2v) is 18.1. The number of thioether (sulfide) groups is 6. The van der Waals surface area contributed by atoms with Crippen LogP contribution < -0.4 is 10.9 Å². The van der Waals surface area contributed by atoms with Crippen LogP contribution in [0.25, 0.3) is 0 Å². The van der Waals surface area contributed by atoms with Crippen LogP contribution in [-0.2, 0) is 37.9 Å². The maximum Gasteiger partial charge on any atom is 0.205 e.